The SMILES string of the molecule is [Fe].c1cnnnn1. The van der Waals surface area contributed by atoms with E-state index in [2.05, 4.69) is 20.6 Å². The van der Waals surface area contributed by atoms with Crippen molar-refractivity contribution in [3.63, 3.8) is 0 Å². The minimum absolute atomic E-state index is 0. The third-order valence-corrected chi connectivity index (χ3v) is 0.343. The van der Waals surface area contributed by atoms with Gasteiger partial charge in [-0.1, -0.05) is 0 Å². The summed E-state index contributed by atoms with van der Waals surface area (Å²) >= 11 is 0. The molecule has 4 nitrogen and oxygen atoms in total. The molecule has 38 valence electrons. The molecule has 0 aromatic carbocycles. The number of aromatic nitrogens is 4. The van der Waals surface area contributed by atoms with E-state index in [-0.39, 0.29) is 17.1 Å². The normalized spacial score (nSPS) is 6.86. The van der Waals surface area contributed by atoms with E-state index in [9.17, 15) is 0 Å². The largest absolute Gasteiger partial charge is 0.136 e. The van der Waals surface area contributed by atoms with Crippen LogP contribution in [0.25, 0.3) is 0 Å². The summed E-state index contributed by atoms with van der Waals surface area (Å²) in [6.45, 7) is 0. The van der Waals surface area contributed by atoms with Crippen molar-refractivity contribution in [1.29, 1.82) is 0 Å². The molecule has 0 bridgehead atoms. The Kier molecular flexibility index (Phi) is 3.36. The molecule has 0 amide bonds. The second-order valence-electron chi connectivity index (χ2n) is 0.708. The Morgan fingerprint density at radius 3 is 1.43 bits per heavy atom. The van der Waals surface area contributed by atoms with Gasteiger partial charge in [-0.3, -0.25) is 0 Å². The van der Waals surface area contributed by atoms with Crippen molar-refractivity contribution in [2.75, 3.05) is 0 Å². The molecule has 0 saturated heterocycles. The van der Waals surface area contributed by atoms with Crippen molar-refractivity contribution in [1.82, 2.24) is 20.6 Å². The molecule has 7 heavy (non-hydrogen) atoms. The summed E-state index contributed by atoms with van der Waals surface area (Å²) in [4.78, 5) is 0. The van der Waals surface area contributed by atoms with Crippen molar-refractivity contribution < 1.29 is 17.1 Å². The number of nitrogens with zero attached hydrogens (tertiary/aromatic N) is 4. The van der Waals surface area contributed by atoms with Crippen molar-refractivity contribution in [3.05, 3.63) is 12.4 Å². The van der Waals surface area contributed by atoms with E-state index in [1.807, 2.05) is 0 Å². The predicted molar refractivity (Wildman–Crippen MR) is 17.6 cm³/mol. The van der Waals surface area contributed by atoms with Crippen LogP contribution < -0.4 is 0 Å². The average molecular weight is 138 g/mol. The van der Waals surface area contributed by atoms with Crippen LogP contribution in [0.2, 0.25) is 0 Å². The van der Waals surface area contributed by atoms with Gasteiger partial charge in [-0.05, 0) is 10.4 Å². The minimum atomic E-state index is 0. The topological polar surface area (TPSA) is 51.6 Å². The quantitative estimate of drug-likeness (QED) is 0.443. The summed E-state index contributed by atoms with van der Waals surface area (Å²) in [5.41, 5.74) is 0. The van der Waals surface area contributed by atoms with Gasteiger partial charge in [-0.15, -0.1) is 10.2 Å². The maximum Gasteiger partial charge on any atom is 0.0716 e. The van der Waals surface area contributed by atoms with E-state index in [0.717, 1.165) is 0 Å². The van der Waals surface area contributed by atoms with Crippen LogP contribution in [0.4, 0.5) is 0 Å². The molecule has 1 heterocycles. The number of rotatable bonds is 0. The van der Waals surface area contributed by atoms with E-state index >= 15 is 0 Å². The van der Waals surface area contributed by atoms with Crippen LogP contribution in [0, 0.1) is 0 Å². The Morgan fingerprint density at radius 2 is 1.29 bits per heavy atom. The summed E-state index contributed by atoms with van der Waals surface area (Å²) in [6.07, 6.45) is 2.93. The smallest absolute Gasteiger partial charge is 0.0716 e. The van der Waals surface area contributed by atoms with E-state index in [1.54, 1.807) is 0 Å². The Hall–Kier alpha value is -0.541. The molecule has 0 unspecified atom stereocenters. The molecule has 1 aromatic heterocycles. The molecule has 0 aliphatic heterocycles. The van der Waals surface area contributed by atoms with Gasteiger partial charge in [-0.2, -0.15) is 0 Å². The molecule has 0 N–H and O–H groups in total. The third-order valence-electron chi connectivity index (χ3n) is 0.343. The van der Waals surface area contributed by atoms with Crippen molar-refractivity contribution in [2.45, 2.75) is 0 Å². The predicted octanol–water partition coefficient (Wildman–Crippen LogP) is -0.736. The average Bonchev–Trinajstić information content (AvgIpc) is 1.72. The maximum absolute atomic E-state index is 3.36. The maximum atomic E-state index is 3.36. The summed E-state index contributed by atoms with van der Waals surface area (Å²) in [5.74, 6) is 0. The van der Waals surface area contributed by atoms with E-state index in [0.29, 0.717) is 0 Å². The summed E-state index contributed by atoms with van der Waals surface area (Å²) < 4.78 is 0. The van der Waals surface area contributed by atoms with Gasteiger partial charge in [0.1, 0.15) is 0 Å². The molecule has 0 fully saturated rings. The van der Waals surface area contributed by atoms with Crippen LogP contribution in [-0.4, -0.2) is 20.6 Å². The first kappa shape index (κ1) is 6.46. The molecule has 0 atom stereocenters. The molecule has 1 rings (SSSR count). The van der Waals surface area contributed by atoms with Crippen LogP contribution >= 0.6 is 0 Å². The Morgan fingerprint density at radius 1 is 0.857 bits per heavy atom. The van der Waals surface area contributed by atoms with Crippen LogP contribution in [0.3, 0.4) is 0 Å². The van der Waals surface area contributed by atoms with Crippen LogP contribution in [-0.2, 0) is 17.1 Å². The van der Waals surface area contributed by atoms with E-state index < -0.39 is 0 Å². The third kappa shape index (κ3) is 2.19. The van der Waals surface area contributed by atoms with Gasteiger partial charge in [0.2, 0.25) is 0 Å². The van der Waals surface area contributed by atoms with Gasteiger partial charge in [0, 0.05) is 17.1 Å². The van der Waals surface area contributed by atoms with Gasteiger partial charge in [-0.25, -0.2) is 0 Å². The van der Waals surface area contributed by atoms with E-state index in [1.165, 1.54) is 12.4 Å². The molecule has 5 heteroatoms. The molecule has 0 saturated carbocycles. The number of hydrogen-bond acceptors (Lipinski definition) is 4. The fourth-order valence-electron chi connectivity index (χ4n) is 0.165. The molecule has 1 aromatic rings. The fourth-order valence-corrected chi connectivity index (χ4v) is 0.165. The summed E-state index contributed by atoms with van der Waals surface area (Å²) in [7, 11) is 0. The first-order chi connectivity index (χ1) is 3.00. The molecular weight excluding hydrogens is 136 g/mol. The molecule has 0 radical (unpaired) electrons. The zero-order valence-electron chi connectivity index (χ0n) is 3.30. The Labute approximate surface area is 50.8 Å². The summed E-state index contributed by atoms with van der Waals surface area (Å²) in [5, 5.41) is 13.1. The van der Waals surface area contributed by atoms with Gasteiger partial charge in [0.15, 0.2) is 0 Å². The van der Waals surface area contributed by atoms with Crippen LogP contribution in [0.5, 0.6) is 0 Å². The molecule has 0 aliphatic rings. The fraction of sp³-hybridized carbons (Fsp3) is 0. The Balaban J connectivity index is 0.000000360. The standard InChI is InChI=1S/C2H2N4.Fe/c1-2-4-6-5-3-1;/h1-2H;. The summed E-state index contributed by atoms with van der Waals surface area (Å²) in [6, 6.07) is 0. The second kappa shape index (κ2) is 3.64. The van der Waals surface area contributed by atoms with Gasteiger partial charge in [0.25, 0.3) is 0 Å². The first-order valence-corrected chi connectivity index (χ1v) is 1.45. The second-order valence-corrected chi connectivity index (χ2v) is 0.708. The van der Waals surface area contributed by atoms with Gasteiger partial charge < -0.3 is 0 Å². The molecule has 0 aliphatic carbocycles. The van der Waals surface area contributed by atoms with Crippen LogP contribution in [0.1, 0.15) is 0 Å². The molecule has 0 spiro atoms. The van der Waals surface area contributed by atoms with Crippen LogP contribution in [0.15, 0.2) is 12.4 Å². The monoisotopic (exact) mass is 138 g/mol. The zero-order chi connectivity index (χ0) is 4.24. The van der Waals surface area contributed by atoms with Crippen molar-refractivity contribution in [2.24, 2.45) is 0 Å². The van der Waals surface area contributed by atoms with E-state index in [4.69, 9.17) is 0 Å². The minimum Gasteiger partial charge on any atom is -0.136 e. The number of hydrogen-bond donors (Lipinski definition) is 0. The van der Waals surface area contributed by atoms with Crippen molar-refractivity contribution in [3.8, 4) is 0 Å². The Bertz CT molecular complexity index is 81.6. The van der Waals surface area contributed by atoms with Crippen molar-refractivity contribution >= 4 is 0 Å². The molecular formula is C2H2FeN4. The van der Waals surface area contributed by atoms with Gasteiger partial charge >= 0.3 is 0 Å². The first-order valence-electron chi connectivity index (χ1n) is 1.45. The zero-order valence-corrected chi connectivity index (χ0v) is 4.40. The van der Waals surface area contributed by atoms with Gasteiger partial charge in [0.05, 0.1) is 12.4 Å².